The summed E-state index contributed by atoms with van der Waals surface area (Å²) in [6.45, 7) is 1.16. The molecule has 1 aliphatic rings. The van der Waals surface area contributed by atoms with E-state index < -0.39 is 5.97 Å². The van der Waals surface area contributed by atoms with Gasteiger partial charge in [-0.3, -0.25) is 4.79 Å². The first-order chi connectivity index (χ1) is 9.60. The average molecular weight is 297 g/mol. The zero-order chi connectivity index (χ0) is 14.5. The van der Waals surface area contributed by atoms with Crippen LogP contribution < -0.4 is 0 Å². The number of aliphatic hydroxyl groups excluding tert-OH is 1. The van der Waals surface area contributed by atoms with E-state index >= 15 is 0 Å². The number of nitrogens with zero attached hydrogens (tertiary/aromatic N) is 1. The molecule has 0 spiro atoms. The van der Waals surface area contributed by atoms with Crippen LogP contribution in [-0.2, 0) is 9.53 Å². The lowest BCUT2D eigenvalue weighted by molar-refractivity contribution is -0.131. The standard InChI is InChI=1S/C13H15NO5S/c15-7-10-6-14(3-4-19-10)13(18)9-5-11(20-8-9)1-2-12(16)17/h1-2,5,8,10,15H,3-4,6-7H2,(H,16,17)/b2-1+. The molecule has 1 amide bonds. The van der Waals surface area contributed by atoms with E-state index in [4.69, 9.17) is 14.9 Å². The number of ether oxygens (including phenoxy) is 1. The van der Waals surface area contributed by atoms with Crippen molar-refractivity contribution in [2.75, 3.05) is 26.3 Å². The van der Waals surface area contributed by atoms with E-state index in [1.807, 2.05) is 0 Å². The normalized spacial score (nSPS) is 19.4. The largest absolute Gasteiger partial charge is 0.478 e. The van der Waals surface area contributed by atoms with Crippen molar-refractivity contribution in [2.24, 2.45) is 0 Å². The lowest BCUT2D eigenvalue weighted by Crippen LogP contribution is -2.46. The zero-order valence-corrected chi connectivity index (χ0v) is 11.5. The topological polar surface area (TPSA) is 87.1 Å². The van der Waals surface area contributed by atoms with Crippen LogP contribution in [-0.4, -0.2) is 59.4 Å². The molecule has 0 aliphatic carbocycles. The van der Waals surface area contributed by atoms with Crippen LogP contribution in [0.3, 0.4) is 0 Å². The number of morpholine rings is 1. The minimum absolute atomic E-state index is 0.111. The molecule has 6 nitrogen and oxygen atoms in total. The molecule has 1 aliphatic heterocycles. The molecule has 20 heavy (non-hydrogen) atoms. The van der Waals surface area contributed by atoms with Crippen LogP contribution in [0.1, 0.15) is 15.2 Å². The van der Waals surface area contributed by atoms with Crippen LogP contribution in [0.15, 0.2) is 17.5 Å². The van der Waals surface area contributed by atoms with Crippen molar-refractivity contribution in [1.29, 1.82) is 0 Å². The fraction of sp³-hybridized carbons (Fsp3) is 0.385. The molecule has 0 radical (unpaired) electrons. The van der Waals surface area contributed by atoms with E-state index in [0.717, 1.165) is 6.08 Å². The quantitative estimate of drug-likeness (QED) is 0.798. The van der Waals surface area contributed by atoms with Crippen molar-refractivity contribution in [3.8, 4) is 0 Å². The summed E-state index contributed by atoms with van der Waals surface area (Å²) < 4.78 is 5.30. The van der Waals surface area contributed by atoms with Crippen molar-refractivity contribution >= 4 is 29.3 Å². The highest BCUT2D eigenvalue weighted by Gasteiger charge is 2.24. The third-order valence-corrected chi connectivity index (χ3v) is 3.78. The van der Waals surface area contributed by atoms with Crippen LogP contribution in [0.5, 0.6) is 0 Å². The highest BCUT2D eigenvalue weighted by Crippen LogP contribution is 2.19. The maximum atomic E-state index is 12.3. The summed E-state index contributed by atoms with van der Waals surface area (Å²) in [5.41, 5.74) is 0.527. The number of hydrogen-bond donors (Lipinski definition) is 2. The molecule has 1 saturated heterocycles. The summed E-state index contributed by atoms with van der Waals surface area (Å²) in [6, 6.07) is 1.66. The number of carbonyl (C=O) groups is 2. The van der Waals surface area contributed by atoms with Gasteiger partial charge < -0.3 is 19.8 Å². The van der Waals surface area contributed by atoms with Gasteiger partial charge >= 0.3 is 5.97 Å². The van der Waals surface area contributed by atoms with Gasteiger partial charge in [0.1, 0.15) is 0 Å². The third-order valence-electron chi connectivity index (χ3n) is 2.89. The molecule has 0 aromatic carbocycles. The lowest BCUT2D eigenvalue weighted by atomic mass is 10.2. The van der Waals surface area contributed by atoms with Crippen molar-refractivity contribution in [1.82, 2.24) is 4.90 Å². The molecule has 2 N–H and O–H groups in total. The molecular weight excluding hydrogens is 282 g/mol. The predicted molar refractivity (Wildman–Crippen MR) is 73.7 cm³/mol. The van der Waals surface area contributed by atoms with Crippen LogP contribution in [0.4, 0.5) is 0 Å². The Labute approximate surface area is 119 Å². The van der Waals surface area contributed by atoms with Gasteiger partial charge in [-0.15, -0.1) is 11.3 Å². The zero-order valence-electron chi connectivity index (χ0n) is 10.7. The first kappa shape index (κ1) is 14.7. The van der Waals surface area contributed by atoms with Gasteiger partial charge in [0.05, 0.1) is 24.9 Å². The first-order valence-corrected chi connectivity index (χ1v) is 6.99. The van der Waals surface area contributed by atoms with Crippen molar-refractivity contribution in [3.05, 3.63) is 28.0 Å². The summed E-state index contributed by atoms with van der Waals surface area (Å²) in [6.07, 6.45) is 2.16. The monoisotopic (exact) mass is 297 g/mol. The number of aliphatic carboxylic acids is 1. The van der Waals surface area contributed by atoms with Gasteiger partial charge in [-0.1, -0.05) is 0 Å². The molecule has 1 aromatic heterocycles. The molecule has 1 unspecified atom stereocenters. The smallest absolute Gasteiger partial charge is 0.328 e. The number of carboxylic acids is 1. The van der Waals surface area contributed by atoms with Gasteiger partial charge in [0.15, 0.2) is 0 Å². The second-order valence-electron chi connectivity index (χ2n) is 4.34. The Bertz CT molecular complexity index is 525. The van der Waals surface area contributed by atoms with Crippen LogP contribution in [0, 0.1) is 0 Å². The van der Waals surface area contributed by atoms with E-state index in [1.54, 1.807) is 16.3 Å². The number of carbonyl (C=O) groups excluding carboxylic acids is 1. The Kier molecular flexibility index (Phi) is 4.89. The van der Waals surface area contributed by atoms with Crippen LogP contribution in [0.25, 0.3) is 6.08 Å². The Morgan fingerprint density at radius 1 is 1.55 bits per heavy atom. The van der Waals surface area contributed by atoms with E-state index in [2.05, 4.69) is 0 Å². The maximum Gasteiger partial charge on any atom is 0.328 e. The Hall–Kier alpha value is -1.70. The number of carboxylic acid groups (broad SMARTS) is 1. The van der Waals surface area contributed by atoms with E-state index in [9.17, 15) is 9.59 Å². The Morgan fingerprint density at radius 2 is 2.35 bits per heavy atom. The Morgan fingerprint density at radius 3 is 3.05 bits per heavy atom. The molecule has 2 heterocycles. The minimum atomic E-state index is -1.02. The SMILES string of the molecule is O=C(O)/C=C/c1cc(C(=O)N2CCOC(CO)C2)cs1. The number of amides is 1. The number of rotatable bonds is 4. The van der Waals surface area contributed by atoms with Crippen LogP contribution >= 0.6 is 11.3 Å². The Balaban J connectivity index is 2.04. The summed E-state index contributed by atoms with van der Waals surface area (Å²) >= 11 is 1.31. The first-order valence-electron chi connectivity index (χ1n) is 6.11. The predicted octanol–water partition coefficient (Wildman–Crippen LogP) is 0.679. The fourth-order valence-electron chi connectivity index (χ4n) is 1.90. The van der Waals surface area contributed by atoms with Gasteiger partial charge in [0.2, 0.25) is 0 Å². The summed E-state index contributed by atoms with van der Waals surface area (Å²) in [5, 5.41) is 19.3. The molecule has 0 bridgehead atoms. The number of aliphatic hydroxyl groups is 1. The van der Waals surface area contributed by atoms with Crippen molar-refractivity contribution < 1.29 is 24.5 Å². The molecule has 108 valence electrons. The second kappa shape index (κ2) is 6.65. The molecule has 7 heteroatoms. The van der Waals surface area contributed by atoms with Crippen molar-refractivity contribution in [2.45, 2.75) is 6.10 Å². The van der Waals surface area contributed by atoms with Gasteiger partial charge in [0, 0.05) is 29.4 Å². The van der Waals surface area contributed by atoms with Crippen LogP contribution in [0.2, 0.25) is 0 Å². The fourth-order valence-corrected chi connectivity index (χ4v) is 2.68. The van der Waals surface area contributed by atoms with E-state index in [0.29, 0.717) is 30.1 Å². The summed E-state index contributed by atoms with van der Waals surface area (Å²) in [4.78, 5) is 25.0. The van der Waals surface area contributed by atoms with E-state index in [-0.39, 0.29) is 18.6 Å². The van der Waals surface area contributed by atoms with Gasteiger partial charge in [-0.2, -0.15) is 0 Å². The van der Waals surface area contributed by atoms with Gasteiger partial charge in [-0.25, -0.2) is 4.79 Å². The average Bonchev–Trinajstić information content (AvgIpc) is 2.93. The molecule has 1 aromatic rings. The maximum absolute atomic E-state index is 12.3. The highest BCUT2D eigenvalue weighted by molar-refractivity contribution is 7.11. The van der Waals surface area contributed by atoms with Gasteiger partial charge in [0.25, 0.3) is 5.91 Å². The van der Waals surface area contributed by atoms with Gasteiger partial charge in [-0.05, 0) is 12.1 Å². The second-order valence-corrected chi connectivity index (χ2v) is 5.28. The molecule has 2 rings (SSSR count). The summed E-state index contributed by atoms with van der Waals surface area (Å²) in [7, 11) is 0. The molecule has 1 fully saturated rings. The summed E-state index contributed by atoms with van der Waals surface area (Å²) in [5.74, 6) is -1.15. The third kappa shape index (κ3) is 3.66. The number of thiophene rings is 1. The highest BCUT2D eigenvalue weighted by atomic mass is 32.1. The van der Waals surface area contributed by atoms with E-state index in [1.165, 1.54) is 17.4 Å². The lowest BCUT2D eigenvalue weighted by Gasteiger charge is -2.31. The molecule has 0 saturated carbocycles. The minimum Gasteiger partial charge on any atom is -0.478 e. The number of hydrogen-bond acceptors (Lipinski definition) is 5. The molecule has 1 atom stereocenters. The van der Waals surface area contributed by atoms with Crippen molar-refractivity contribution in [3.63, 3.8) is 0 Å². The molecular formula is C13H15NO5S.